The third kappa shape index (κ3) is 4.83. The number of aliphatic hydroxyl groups is 1. The third-order valence-corrected chi connectivity index (χ3v) is 5.18. The molecule has 0 radical (unpaired) electrons. The minimum atomic E-state index is -4.86. The largest absolute Gasteiger partial charge is 0.573 e. The molecule has 3 nitrogen and oxygen atoms in total. The van der Waals surface area contributed by atoms with Crippen LogP contribution in [-0.2, 0) is 19.3 Å². The number of aromatic nitrogens is 1. The van der Waals surface area contributed by atoms with E-state index in [1.807, 2.05) is 0 Å². The molecule has 3 aromatic carbocycles. The molecule has 9 heteroatoms. The van der Waals surface area contributed by atoms with E-state index < -0.39 is 30.5 Å². The summed E-state index contributed by atoms with van der Waals surface area (Å²) in [4.78, 5) is 0. The van der Waals surface area contributed by atoms with Gasteiger partial charge in [0.1, 0.15) is 5.75 Å². The number of alkyl halides is 6. The van der Waals surface area contributed by atoms with Crippen molar-refractivity contribution in [1.29, 1.82) is 0 Å². The molecule has 0 amide bonds. The second kappa shape index (κ2) is 8.47. The van der Waals surface area contributed by atoms with E-state index in [1.165, 1.54) is 18.2 Å². The zero-order valence-electron chi connectivity index (χ0n) is 16.9. The first-order valence-electron chi connectivity index (χ1n) is 9.80. The highest BCUT2D eigenvalue weighted by atomic mass is 19.4. The molecule has 0 unspecified atom stereocenters. The molecule has 0 aliphatic carbocycles. The summed E-state index contributed by atoms with van der Waals surface area (Å²) in [5, 5.41) is 10.4. The molecule has 1 N–H and O–H groups in total. The summed E-state index contributed by atoms with van der Waals surface area (Å²) in [5.74, 6) is -0.412. The number of nitrogens with zero attached hydrogens (tertiary/aromatic N) is 1. The van der Waals surface area contributed by atoms with Gasteiger partial charge in [-0.1, -0.05) is 42.5 Å². The smallest absolute Gasteiger partial charge is 0.406 e. The Kier molecular flexibility index (Phi) is 5.84. The van der Waals surface area contributed by atoms with Crippen LogP contribution in [0.1, 0.15) is 16.8 Å². The van der Waals surface area contributed by atoms with Crippen LogP contribution in [-0.4, -0.2) is 16.0 Å². The standard InChI is InChI=1S/C24H17F6NO2/c25-23(26,27)17-9-10-20-19(12-17)22(16-6-2-1-3-7-16)21(14-32)31(20)13-15-5-4-8-18(11-15)33-24(28,29)30/h1-12,32H,13-14H2. The molecular formula is C24H17F6NO2. The van der Waals surface area contributed by atoms with Gasteiger partial charge in [0.25, 0.3) is 0 Å². The van der Waals surface area contributed by atoms with Crippen LogP contribution in [0.5, 0.6) is 5.75 Å². The van der Waals surface area contributed by atoms with Gasteiger partial charge in [0, 0.05) is 23.0 Å². The minimum Gasteiger partial charge on any atom is -0.406 e. The van der Waals surface area contributed by atoms with E-state index in [-0.39, 0.29) is 11.9 Å². The van der Waals surface area contributed by atoms with Crippen LogP contribution in [0.15, 0.2) is 72.8 Å². The number of halogens is 6. The maximum atomic E-state index is 13.4. The van der Waals surface area contributed by atoms with Crippen molar-refractivity contribution in [3.8, 4) is 16.9 Å². The Labute approximate surface area is 184 Å². The first kappa shape index (κ1) is 22.7. The van der Waals surface area contributed by atoms with Gasteiger partial charge in [-0.05, 0) is 41.5 Å². The van der Waals surface area contributed by atoms with E-state index in [1.54, 1.807) is 41.0 Å². The fraction of sp³-hybridized carbons (Fsp3) is 0.167. The lowest BCUT2D eigenvalue weighted by Crippen LogP contribution is -2.17. The quantitative estimate of drug-likeness (QED) is 0.330. The number of benzene rings is 3. The summed E-state index contributed by atoms with van der Waals surface area (Å²) in [6, 6.07) is 17.2. The van der Waals surface area contributed by atoms with Crippen molar-refractivity contribution in [3.05, 3.63) is 89.6 Å². The summed E-state index contributed by atoms with van der Waals surface area (Å²) in [6.45, 7) is -0.474. The molecule has 1 aromatic heterocycles. The molecule has 0 bridgehead atoms. The zero-order chi connectivity index (χ0) is 23.8. The van der Waals surface area contributed by atoms with Crippen molar-refractivity contribution in [2.24, 2.45) is 0 Å². The van der Waals surface area contributed by atoms with Gasteiger partial charge in [-0.3, -0.25) is 0 Å². The first-order valence-corrected chi connectivity index (χ1v) is 9.80. The van der Waals surface area contributed by atoms with Crippen molar-refractivity contribution in [2.45, 2.75) is 25.7 Å². The van der Waals surface area contributed by atoms with Crippen molar-refractivity contribution in [2.75, 3.05) is 0 Å². The molecule has 33 heavy (non-hydrogen) atoms. The molecule has 4 aromatic rings. The minimum absolute atomic E-state index is 0.0135. The lowest BCUT2D eigenvalue weighted by atomic mass is 10.0. The average Bonchev–Trinajstić information content (AvgIpc) is 3.05. The molecule has 172 valence electrons. The summed E-state index contributed by atoms with van der Waals surface area (Å²) in [7, 11) is 0. The second-order valence-corrected chi connectivity index (χ2v) is 7.36. The highest BCUT2D eigenvalue weighted by molar-refractivity contribution is 5.98. The molecule has 0 atom stereocenters. The molecule has 1 heterocycles. The highest BCUT2D eigenvalue weighted by Crippen LogP contribution is 2.39. The van der Waals surface area contributed by atoms with E-state index in [0.717, 1.165) is 18.2 Å². The normalized spacial score (nSPS) is 12.3. The Hall–Kier alpha value is -3.46. The van der Waals surface area contributed by atoms with E-state index in [2.05, 4.69) is 4.74 Å². The number of ether oxygens (including phenoxy) is 1. The molecule has 0 saturated carbocycles. The summed E-state index contributed by atoms with van der Waals surface area (Å²) in [6.07, 6.45) is -9.42. The number of hydrogen-bond acceptors (Lipinski definition) is 2. The molecule has 0 spiro atoms. The first-order chi connectivity index (χ1) is 15.6. The Balaban J connectivity index is 1.89. The lowest BCUT2D eigenvalue weighted by molar-refractivity contribution is -0.274. The Morgan fingerprint density at radius 2 is 1.55 bits per heavy atom. The summed E-state index contributed by atoms with van der Waals surface area (Å²) in [5.41, 5.74) is 1.38. The van der Waals surface area contributed by atoms with Crippen molar-refractivity contribution in [1.82, 2.24) is 4.57 Å². The Morgan fingerprint density at radius 1 is 0.818 bits per heavy atom. The van der Waals surface area contributed by atoms with Crippen LogP contribution >= 0.6 is 0 Å². The van der Waals surface area contributed by atoms with E-state index in [0.29, 0.717) is 27.9 Å². The summed E-state index contributed by atoms with van der Waals surface area (Å²) >= 11 is 0. The molecular weight excluding hydrogens is 448 g/mol. The van der Waals surface area contributed by atoms with Gasteiger partial charge in [-0.25, -0.2) is 0 Å². The topological polar surface area (TPSA) is 34.4 Å². The Morgan fingerprint density at radius 3 is 2.18 bits per heavy atom. The van der Waals surface area contributed by atoms with E-state index in [9.17, 15) is 31.4 Å². The van der Waals surface area contributed by atoms with Gasteiger partial charge in [-0.15, -0.1) is 13.2 Å². The van der Waals surface area contributed by atoms with Gasteiger partial charge >= 0.3 is 12.5 Å². The van der Waals surface area contributed by atoms with Crippen LogP contribution in [0.25, 0.3) is 22.0 Å². The number of rotatable bonds is 5. The predicted octanol–water partition coefficient (Wildman–Crippen LogP) is 6.77. The second-order valence-electron chi connectivity index (χ2n) is 7.36. The molecule has 0 aliphatic rings. The number of aliphatic hydroxyl groups excluding tert-OH is 1. The van der Waals surface area contributed by atoms with Crippen LogP contribution in [0, 0.1) is 0 Å². The SMILES string of the molecule is OCc1c(-c2ccccc2)c2cc(C(F)(F)F)ccc2n1Cc1cccc(OC(F)(F)F)c1. The summed E-state index contributed by atoms with van der Waals surface area (Å²) < 4.78 is 83.6. The monoisotopic (exact) mass is 465 g/mol. The highest BCUT2D eigenvalue weighted by Gasteiger charge is 2.32. The number of hydrogen-bond donors (Lipinski definition) is 1. The van der Waals surface area contributed by atoms with Crippen LogP contribution in [0.3, 0.4) is 0 Å². The van der Waals surface area contributed by atoms with Crippen molar-refractivity contribution < 1.29 is 36.2 Å². The van der Waals surface area contributed by atoms with Crippen LogP contribution in [0.2, 0.25) is 0 Å². The zero-order valence-corrected chi connectivity index (χ0v) is 16.9. The van der Waals surface area contributed by atoms with E-state index in [4.69, 9.17) is 0 Å². The fourth-order valence-electron chi connectivity index (χ4n) is 3.88. The average molecular weight is 465 g/mol. The van der Waals surface area contributed by atoms with Gasteiger partial charge in [0.05, 0.1) is 17.9 Å². The molecule has 0 saturated heterocycles. The van der Waals surface area contributed by atoms with Crippen molar-refractivity contribution >= 4 is 10.9 Å². The Bertz CT molecular complexity index is 1280. The maximum absolute atomic E-state index is 13.4. The van der Waals surface area contributed by atoms with Crippen LogP contribution < -0.4 is 4.74 Å². The molecule has 0 fully saturated rings. The maximum Gasteiger partial charge on any atom is 0.573 e. The van der Waals surface area contributed by atoms with Crippen molar-refractivity contribution in [3.63, 3.8) is 0 Å². The van der Waals surface area contributed by atoms with Gasteiger partial charge in [0.15, 0.2) is 0 Å². The van der Waals surface area contributed by atoms with E-state index >= 15 is 0 Å². The molecule has 4 rings (SSSR count). The van der Waals surface area contributed by atoms with Gasteiger partial charge in [0.2, 0.25) is 0 Å². The van der Waals surface area contributed by atoms with Crippen LogP contribution in [0.4, 0.5) is 26.3 Å². The van der Waals surface area contributed by atoms with Gasteiger partial charge < -0.3 is 14.4 Å². The van der Waals surface area contributed by atoms with Gasteiger partial charge in [-0.2, -0.15) is 13.2 Å². The predicted molar refractivity (Wildman–Crippen MR) is 111 cm³/mol. The third-order valence-electron chi connectivity index (χ3n) is 5.18. The molecule has 0 aliphatic heterocycles. The lowest BCUT2D eigenvalue weighted by Gasteiger charge is -2.13. The number of fused-ring (bicyclic) bond motifs is 1. The fourth-order valence-corrected chi connectivity index (χ4v) is 3.88.